The summed E-state index contributed by atoms with van der Waals surface area (Å²) in [6, 6.07) is 0. The van der Waals surface area contributed by atoms with E-state index in [1.165, 1.54) is 12.5 Å². The van der Waals surface area contributed by atoms with E-state index in [-0.39, 0.29) is 37.0 Å². The van der Waals surface area contributed by atoms with Crippen LogP contribution in [0, 0.1) is 0 Å². The highest BCUT2D eigenvalue weighted by Gasteiger charge is 2.50. The Balaban J connectivity index is 2.50. The molecule has 1 aliphatic rings. The zero-order chi connectivity index (χ0) is 20.4. The van der Waals surface area contributed by atoms with Gasteiger partial charge in [-0.1, -0.05) is 23.8 Å². The van der Waals surface area contributed by atoms with Gasteiger partial charge >= 0.3 is 5.97 Å². The van der Waals surface area contributed by atoms with Crippen molar-refractivity contribution >= 4 is 5.97 Å². The van der Waals surface area contributed by atoms with Crippen molar-refractivity contribution in [2.24, 2.45) is 0 Å². The molecule has 0 aliphatic carbocycles. The zero-order valence-corrected chi connectivity index (χ0v) is 17.5. The number of aliphatic hydroxyl groups is 2. The largest absolute Gasteiger partial charge is 0.458 e. The lowest BCUT2D eigenvalue weighted by molar-refractivity contribution is -0.144. The van der Waals surface area contributed by atoms with Crippen molar-refractivity contribution in [3.63, 3.8) is 0 Å². The zero-order valence-electron chi connectivity index (χ0n) is 17.5. The second-order valence-corrected chi connectivity index (χ2v) is 7.76. The molecule has 5 nitrogen and oxygen atoms in total. The molecule has 2 N–H and O–H groups in total. The van der Waals surface area contributed by atoms with Gasteiger partial charge in [-0.05, 0) is 64.5 Å². The minimum Gasteiger partial charge on any atom is -0.458 e. The maximum atomic E-state index is 11.4. The summed E-state index contributed by atoms with van der Waals surface area (Å²) in [5.74, 6) is -0.261. The van der Waals surface area contributed by atoms with E-state index >= 15 is 0 Å². The summed E-state index contributed by atoms with van der Waals surface area (Å²) < 4.78 is 11.3. The molecule has 0 aromatic heterocycles. The van der Waals surface area contributed by atoms with Crippen molar-refractivity contribution in [3.8, 4) is 0 Å². The van der Waals surface area contributed by atoms with Crippen LogP contribution in [0.3, 0.4) is 0 Å². The quantitative estimate of drug-likeness (QED) is 0.305. The average Bonchev–Trinajstić information content (AvgIpc) is 3.24. The summed E-state index contributed by atoms with van der Waals surface area (Å²) in [5, 5.41) is 18.2. The Labute approximate surface area is 163 Å². The van der Waals surface area contributed by atoms with Gasteiger partial charge in [0.15, 0.2) is 0 Å². The molecular formula is C22H36O5. The van der Waals surface area contributed by atoms with Gasteiger partial charge in [0, 0.05) is 13.3 Å². The normalized spacial score (nSPS) is 23.7. The van der Waals surface area contributed by atoms with E-state index in [9.17, 15) is 9.90 Å². The van der Waals surface area contributed by atoms with Crippen LogP contribution in [-0.2, 0) is 14.3 Å². The lowest BCUT2D eigenvalue weighted by Gasteiger charge is -2.17. The van der Waals surface area contributed by atoms with E-state index in [1.54, 1.807) is 6.08 Å². The van der Waals surface area contributed by atoms with Crippen LogP contribution in [0.25, 0.3) is 0 Å². The van der Waals surface area contributed by atoms with Crippen molar-refractivity contribution in [3.05, 3.63) is 34.9 Å². The van der Waals surface area contributed by atoms with Crippen LogP contribution in [0.5, 0.6) is 0 Å². The van der Waals surface area contributed by atoms with Gasteiger partial charge in [-0.15, -0.1) is 0 Å². The third kappa shape index (κ3) is 8.87. The molecule has 1 rings (SSSR count). The number of hydrogen-bond donors (Lipinski definition) is 2. The number of hydrogen-bond acceptors (Lipinski definition) is 5. The fourth-order valence-electron chi connectivity index (χ4n) is 3.15. The minimum atomic E-state index is -0.261. The molecule has 0 saturated carbocycles. The fourth-order valence-corrected chi connectivity index (χ4v) is 3.15. The third-order valence-electron chi connectivity index (χ3n) is 5.01. The first-order valence-electron chi connectivity index (χ1n) is 9.76. The van der Waals surface area contributed by atoms with Crippen LogP contribution in [0.15, 0.2) is 34.9 Å². The van der Waals surface area contributed by atoms with Gasteiger partial charge in [0.2, 0.25) is 0 Å². The number of carbonyl (C=O) groups is 1. The summed E-state index contributed by atoms with van der Waals surface area (Å²) in [7, 11) is 0. The smallest absolute Gasteiger partial charge is 0.303 e. The molecule has 1 heterocycles. The molecule has 154 valence electrons. The highest BCUT2D eigenvalue weighted by Crippen LogP contribution is 2.43. The molecule has 1 saturated heterocycles. The van der Waals surface area contributed by atoms with E-state index in [1.807, 2.05) is 20.8 Å². The summed E-state index contributed by atoms with van der Waals surface area (Å²) in [4.78, 5) is 11.4. The predicted molar refractivity (Wildman–Crippen MR) is 107 cm³/mol. The summed E-state index contributed by atoms with van der Waals surface area (Å²) >= 11 is 0. The van der Waals surface area contributed by atoms with Gasteiger partial charge in [-0.3, -0.25) is 4.79 Å². The fraction of sp³-hybridized carbons (Fsp3) is 0.682. The van der Waals surface area contributed by atoms with E-state index in [0.717, 1.165) is 36.8 Å². The van der Waals surface area contributed by atoms with Crippen molar-refractivity contribution < 1.29 is 24.5 Å². The van der Waals surface area contributed by atoms with Crippen LogP contribution >= 0.6 is 0 Å². The first-order valence-corrected chi connectivity index (χ1v) is 9.76. The molecule has 3 atom stereocenters. The van der Waals surface area contributed by atoms with E-state index in [4.69, 9.17) is 14.6 Å². The molecule has 0 spiro atoms. The number of ether oxygens (including phenoxy) is 2. The van der Waals surface area contributed by atoms with Crippen LogP contribution in [0.1, 0.15) is 66.7 Å². The van der Waals surface area contributed by atoms with E-state index in [0.29, 0.717) is 6.42 Å². The van der Waals surface area contributed by atoms with Crippen LogP contribution in [0.4, 0.5) is 0 Å². The number of aliphatic hydroxyl groups excluding tert-OH is 2. The SMILES string of the molecule is CC(=O)OC(CC=C(C)C)C(C)=CCCC1(C)OC1CCC(=CCO)CO. The molecule has 0 radical (unpaired) electrons. The Morgan fingerprint density at radius 2 is 1.89 bits per heavy atom. The van der Waals surface area contributed by atoms with Gasteiger partial charge < -0.3 is 19.7 Å². The standard InChI is InChI=1S/C22H36O5/c1-16(2)8-10-20(26-18(4)25)17(3)7-6-13-22(5)21(27-22)11-9-19(15-24)12-14-23/h7-8,12,20-21,23-24H,6,9-11,13-15H2,1-5H3. The Bertz CT molecular complexity index is 571. The molecule has 27 heavy (non-hydrogen) atoms. The first kappa shape index (κ1) is 23.6. The van der Waals surface area contributed by atoms with Gasteiger partial charge in [0.25, 0.3) is 0 Å². The molecule has 1 aliphatic heterocycles. The van der Waals surface area contributed by atoms with Crippen LogP contribution in [0.2, 0.25) is 0 Å². The highest BCUT2D eigenvalue weighted by atomic mass is 16.6. The van der Waals surface area contributed by atoms with Gasteiger partial charge in [-0.2, -0.15) is 0 Å². The molecule has 0 bridgehead atoms. The molecule has 3 unspecified atom stereocenters. The number of carbonyl (C=O) groups excluding carboxylic acids is 1. The monoisotopic (exact) mass is 380 g/mol. The second-order valence-electron chi connectivity index (χ2n) is 7.76. The topological polar surface area (TPSA) is 79.3 Å². The minimum absolute atomic E-state index is 0.0187. The lowest BCUT2D eigenvalue weighted by Crippen LogP contribution is -2.17. The Hall–Kier alpha value is -1.43. The molecule has 0 aromatic carbocycles. The maximum absolute atomic E-state index is 11.4. The molecule has 5 heteroatoms. The van der Waals surface area contributed by atoms with Gasteiger partial charge in [0.1, 0.15) is 6.10 Å². The molecule has 0 amide bonds. The second kappa shape index (κ2) is 11.4. The van der Waals surface area contributed by atoms with Crippen LogP contribution < -0.4 is 0 Å². The molecule has 1 fully saturated rings. The molecule has 0 aromatic rings. The Morgan fingerprint density at radius 3 is 2.44 bits per heavy atom. The summed E-state index contributed by atoms with van der Waals surface area (Å²) in [5.41, 5.74) is 3.00. The average molecular weight is 381 g/mol. The third-order valence-corrected chi connectivity index (χ3v) is 5.01. The Kier molecular flexibility index (Phi) is 9.99. The number of epoxide rings is 1. The predicted octanol–water partition coefficient (Wildman–Crippen LogP) is 3.85. The van der Waals surface area contributed by atoms with Crippen molar-refractivity contribution in [2.45, 2.75) is 84.5 Å². The molecular weight excluding hydrogens is 344 g/mol. The maximum Gasteiger partial charge on any atom is 0.303 e. The lowest BCUT2D eigenvalue weighted by atomic mass is 9.95. The summed E-state index contributed by atoms with van der Waals surface area (Å²) in [6.45, 7) is 9.57. The van der Waals surface area contributed by atoms with Gasteiger partial charge in [-0.25, -0.2) is 0 Å². The van der Waals surface area contributed by atoms with E-state index in [2.05, 4.69) is 19.1 Å². The van der Waals surface area contributed by atoms with E-state index < -0.39 is 0 Å². The number of esters is 1. The summed E-state index contributed by atoms with van der Waals surface area (Å²) in [6.07, 6.45) is 9.92. The highest BCUT2D eigenvalue weighted by molar-refractivity contribution is 5.66. The van der Waals surface area contributed by atoms with Crippen LogP contribution in [-0.4, -0.2) is 47.2 Å². The first-order chi connectivity index (χ1) is 12.7. The Morgan fingerprint density at radius 1 is 1.19 bits per heavy atom. The van der Waals surface area contributed by atoms with Crippen molar-refractivity contribution in [1.82, 2.24) is 0 Å². The van der Waals surface area contributed by atoms with Crippen molar-refractivity contribution in [2.75, 3.05) is 13.2 Å². The van der Waals surface area contributed by atoms with Crippen molar-refractivity contribution in [1.29, 1.82) is 0 Å². The number of allylic oxidation sites excluding steroid dienone is 2. The number of rotatable bonds is 12. The van der Waals surface area contributed by atoms with Gasteiger partial charge in [0.05, 0.1) is 24.9 Å².